The van der Waals surface area contributed by atoms with Crippen molar-refractivity contribution in [1.82, 2.24) is 14.9 Å². The number of benzene rings is 1. The highest BCUT2D eigenvalue weighted by Gasteiger charge is 2.46. The van der Waals surface area contributed by atoms with Crippen LogP contribution in [0.2, 0.25) is 0 Å². The Bertz CT molecular complexity index is 1150. The molecule has 3 atom stereocenters. The molecule has 0 spiro atoms. The first-order chi connectivity index (χ1) is 17.0. The molecular weight excluding hydrogens is 491 g/mol. The SMILES string of the molecule is CC(C)CC(NC(=O)c1ccc(F)cc1)C(=O)N(C1CCCNC[C@@H]1O)S(=O)(=O)C1=NC=CCC1=O. The molecule has 2 amide bonds. The molecule has 0 aliphatic carbocycles. The number of carbonyl (C=O) groups excluding carboxylic acids is 3. The minimum absolute atomic E-state index is 0.0427. The van der Waals surface area contributed by atoms with Gasteiger partial charge < -0.3 is 15.7 Å². The number of aliphatic imine (C=N–C) groups is 1. The fraction of sp³-hybridized carbons (Fsp3) is 0.500. The lowest BCUT2D eigenvalue weighted by molar-refractivity contribution is -0.132. The lowest BCUT2D eigenvalue weighted by Gasteiger charge is -2.35. The van der Waals surface area contributed by atoms with Crippen molar-refractivity contribution in [1.29, 1.82) is 0 Å². The van der Waals surface area contributed by atoms with Crippen LogP contribution in [-0.2, 0) is 19.6 Å². The Morgan fingerprint density at radius 3 is 2.61 bits per heavy atom. The van der Waals surface area contributed by atoms with Gasteiger partial charge in [0.15, 0.2) is 5.78 Å². The number of aliphatic hydroxyl groups is 1. The first kappa shape index (κ1) is 27.6. The van der Waals surface area contributed by atoms with Gasteiger partial charge in [-0.2, -0.15) is 8.42 Å². The molecule has 10 nitrogen and oxygen atoms in total. The van der Waals surface area contributed by atoms with Crippen LogP contribution in [0.25, 0.3) is 0 Å². The van der Waals surface area contributed by atoms with E-state index in [0.29, 0.717) is 17.3 Å². The Morgan fingerprint density at radius 1 is 1.28 bits per heavy atom. The third-order valence-corrected chi connectivity index (χ3v) is 7.72. The summed E-state index contributed by atoms with van der Waals surface area (Å²) in [6.45, 7) is 4.15. The molecule has 2 heterocycles. The molecule has 1 fully saturated rings. The maximum absolute atomic E-state index is 13.9. The second-order valence-electron chi connectivity index (χ2n) is 9.23. The van der Waals surface area contributed by atoms with Crippen LogP contribution < -0.4 is 10.6 Å². The minimum atomic E-state index is -4.76. The highest BCUT2D eigenvalue weighted by molar-refractivity contribution is 8.06. The molecule has 2 aliphatic heterocycles. The minimum Gasteiger partial charge on any atom is -0.390 e. The largest absolute Gasteiger partial charge is 0.390 e. The summed E-state index contributed by atoms with van der Waals surface area (Å²) in [7, 11) is -4.76. The van der Waals surface area contributed by atoms with Crippen molar-refractivity contribution in [2.24, 2.45) is 10.9 Å². The molecule has 0 radical (unpaired) electrons. The summed E-state index contributed by atoms with van der Waals surface area (Å²) in [4.78, 5) is 43.0. The summed E-state index contributed by atoms with van der Waals surface area (Å²) in [5, 5.41) is 15.5. The Balaban J connectivity index is 2.03. The number of carbonyl (C=O) groups is 3. The zero-order valence-electron chi connectivity index (χ0n) is 20.2. The van der Waals surface area contributed by atoms with Crippen LogP contribution in [0.5, 0.6) is 0 Å². The summed E-state index contributed by atoms with van der Waals surface area (Å²) in [6.07, 6.45) is 1.86. The predicted molar refractivity (Wildman–Crippen MR) is 131 cm³/mol. The summed E-state index contributed by atoms with van der Waals surface area (Å²) in [6, 6.07) is 2.23. The predicted octanol–water partition coefficient (Wildman–Crippen LogP) is 1.13. The summed E-state index contributed by atoms with van der Waals surface area (Å²) < 4.78 is 41.3. The Morgan fingerprint density at radius 2 is 1.97 bits per heavy atom. The van der Waals surface area contributed by atoms with E-state index < -0.39 is 56.7 Å². The molecule has 0 bridgehead atoms. The number of hydrogen-bond acceptors (Lipinski definition) is 8. The van der Waals surface area contributed by atoms with Crippen molar-refractivity contribution in [2.45, 2.75) is 57.7 Å². The van der Waals surface area contributed by atoms with E-state index in [1.807, 2.05) is 0 Å². The topological polar surface area (TPSA) is 145 Å². The molecular formula is C24H31FN4O6S. The van der Waals surface area contributed by atoms with E-state index in [1.54, 1.807) is 13.8 Å². The number of allylic oxidation sites excluding steroid dienone is 1. The lowest BCUT2D eigenvalue weighted by Crippen LogP contribution is -2.59. The van der Waals surface area contributed by atoms with Crippen LogP contribution in [0, 0.1) is 11.7 Å². The number of nitrogens with one attached hydrogen (secondary N) is 2. The number of hydrogen-bond donors (Lipinski definition) is 3. The zero-order chi connectivity index (χ0) is 26.5. The molecule has 1 aromatic rings. The summed E-state index contributed by atoms with van der Waals surface area (Å²) in [5.41, 5.74) is 0.0861. The van der Waals surface area contributed by atoms with Crippen LogP contribution in [0.15, 0.2) is 41.5 Å². The number of β-amino-alcohol motifs (C(OH)–C–C–N with tert-alkyl or cyclic N) is 1. The molecule has 3 N–H and O–H groups in total. The van der Waals surface area contributed by atoms with Gasteiger partial charge in [-0.3, -0.25) is 14.4 Å². The third kappa shape index (κ3) is 6.42. The van der Waals surface area contributed by atoms with Gasteiger partial charge >= 0.3 is 0 Å². The normalized spacial score (nSPS) is 21.5. The first-order valence-corrected chi connectivity index (χ1v) is 13.3. The number of aliphatic hydroxyl groups excluding tert-OH is 1. The number of ketones is 1. The van der Waals surface area contributed by atoms with Gasteiger partial charge in [-0.25, -0.2) is 13.7 Å². The molecule has 0 aromatic heterocycles. The van der Waals surface area contributed by atoms with Crippen LogP contribution in [0.4, 0.5) is 4.39 Å². The lowest BCUT2D eigenvalue weighted by atomic mass is 10.0. The van der Waals surface area contributed by atoms with Gasteiger partial charge in [-0.1, -0.05) is 19.9 Å². The molecule has 3 rings (SSSR count). The first-order valence-electron chi connectivity index (χ1n) is 11.8. The molecule has 36 heavy (non-hydrogen) atoms. The van der Waals surface area contributed by atoms with Crippen molar-refractivity contribution in [3.05, 3.63) is 47.9 Å². The molecule has 1 aromatic carbocycles. The second-order valence-corrected chi connectivity index (χ2v) is 11.0. The average Bonchev–Trinajstić information content (AvgIpc) is 3.03. The Labute approximate surface area is 209 Å². The van der Waals surface area contributed by atoms with Crippen molar-refractivity contribution in [3.63, 3.8) is 0 Å². The van der Waals surface area contributed by atoms with Gasteiger partial charge in [0.2, 0.25) is 5.04 Å². The maximum atomic E-state index is 13.9. The Kier molecular flexibility index (Phi) is 9.09. The van der Waals surface area contributed by atoms with Crippen molar-refractivity contribution in [2.75, 3.05) is 13.1 Å². The highest BCUT2D eigenvalue weighted by atomic mass is 32.2. The fourth-order valence-corrected chi connectivity index (χ4v) is 5.90. The molecule has 2 aliphatic rings. The Hall–Kier alpha value is -2.96. The van der Waals surface area contributed by atoms with Crippen LogP contribution in [0.3, 0.4) is 0 Å². The smallest absolute Gasteiger partial charge is 0.288 e. The third-order valence-electron chi connectivity index (χ3n) is 5.93. The highest BCUT2D eigenvalue weighted by Crippen LogP contribution is 2.24. The van der Waals surface area contributed by atoms with E-state index in [4.69, 9.17) is 0 Å². The molecule has 12 heteroatoms. The number of Topliss-reactive ketones (excluding diaryl/α,β-unsaturated/α-hetero) is 1. The van der Waals surface area contributed by atoms with Gasteiger partial charge in [0.25, 0.3) is 21.8 Å². The van der Waals surface area contributed by atoms with Crippen molar-refractivity contribution in [3.8, 4) is 0 Å². The van der Waals surface area contributed by atoms with Crippen molar-refractivity contribution < 1.29 is 32.3 Å². The monoisotopic (exact) mass is 522 g/mol. The fourth-order valence-electron chi connectivity index (χ4n) is 4.18. The molecule has 0 saturated carbocycles. The quantitative estimate of drug-likeness (QED) is 0.508. The van der Waals surface area contributed by atoms with Crippen LogP contribution in [-0.4, -0.2) is 71.7 Å². The standard InChI is InChI=1S/C24H31FN4O6S/c1-15(2)13-18(28-22(32)16-7-9-17(25)10-8-16)24(33)29(19-5-3-11-26-14-21(19)31)36(34,35)23-20(30)6-4-12-27-23/h4,7-10,12,15,18-19,21,26,31H,3,5-6,11,13-14H2,1-2H3,(H,28,32)/t18?,19?,21-/m0/s1. The van der Waals surface area contributed by atoms with E-state index in [0.717, 1.165) is 12.1 Å². The summed E-state index contributed by atoms with van der Waals surface area (Å²) in [5.74, 6) is -3.11. The van der Waals surface area contributed by atoms with Crippen LogP contribution >= 0.6 is 0 Å². The number of halogens is 1. The van der Waals surface area contributed by atoms with Gasteiger partial charge in [0.1, 0.15) is 11.9 Å². The average molecular weight is 523 g/mol. The number of sulfonamides is 1. The second kappa shape index (κ2) is 11.8. The van der Waals surface area contributed by atoms with Gasteiger partial charge in [-0.05, 0) is 56.0 Å². The van der Waals surface area contributed by atoms with Gasteiger partial charge in [0.05, 0.1) is 12.1 Å². The number of amides is 2. The maximum Gasteiger partial charge on any atom is 0.288 e. The van der Waals surface area contributed by atoms with E-state index in [-0.39, 0.29) is 37.3 Å². The van der Waals surface area contributed by atoms with E-state index >= 15 is 0 Å². The van der Waals surface area contributed by atoms with E-state index in [9.17, 15) is 32.3 Å². The van der Waals surface area contributed by atoms with Gasteiger partial charge in [-0.15, -0.1) is 0 Å². The molecule has 1 saturated heterocycles. The zero-order valence-corrected chi connectivity index (χ0v) is 21.0. The van der Waals surface area contributed by atoms with E-state index in [2.05, 4.69) is 15.6 Å². The number of nitrogens with zero attached hydrogens (tertiary/aromatic N) is 2. The van der Waals surface area contributed by atoms with E-state index in [1.165, 1.54) is 24.4 Å². The molecule has 2 unspecified atom stereocenters. The summed E-state index contributed by atoms with van der Waals surface area (Å²) >= 11 is 0. The molecule has 196 valence electrons. The van der Waals surface area contributed by atoms with Crippen LogP contribution in [0.1, 0.15) is 49.9 Å². The number of rotatable bonds is 6. The van der Waals surface area contributed by atoms with Gasteiger partial charge in [0, 0.05) is 24.7 Å². The van der Waals surface area contributed by atoms with Crippen molar-refractivity contribution >= 4 is 32.7 Å².